The van der Waals surface area contributed by atoms with Gasteiger partial charge >= 0.3 is 8.69 Å². The van der Waals surface area contributed by atoms with Gasteiger partial charge in [-0.05, 0) is 0 Å². The Morgan fingerprint density at radius 3 is 1.33 bits per heavy atom. The van der Waals surface area contributed by atoms with E-state index in [1.165, 1.54) is 0 Å². The minimum atomic E-state index is -0.833. The minimum absolute atomic E-state index is 0. The van der Waals surface area contributed by atoms with Crippen LogP contribution in [0.15, 0.2) is 0 Å². The Labute approximate surface area is 64.2 Å². The third-order valence-electron chi connectivity index (χ3n) is 0. The van der Waals surface area contributed by atoms with E-state index in [0.29, 0.717) is 0 Å². The van der Waals surface area contributed by atoms with Crippen LogP contribution in [0.4, 0.5) is 0 Å². The maximum Gasteiger partial charge on any atom is 0.324 e. The second kappa shape index (κ2) is 32.8. The molecule has 0 aliphatic heterocycles. The molecule has 0 atom stereocenters. The molecule has 44 valence electrons. The molecule has 0 aliphatic rings. The zero-order valence-corrected chi connectivity index (χ0v) is 6.17. The van der Waals surface area contributed by atoms with Crippen molar-refractivity contribution in [3.8, 4) is 0 Å². The Morgan fingerprint density at radius 1 is 1.33 bits per heavy atom. The first-order chi connectivity index (χ1) is 1.41. The van der Waals surface area contributed by atoms with Gasteiger partial charge in [-0.1, -0.05) is 0 Å². The van der Waals surface area contributed by atoms with Gasteiger partial charge in [0.2, 0.25) is 0 Å². The quantitative estimate of drug-likeness (QED) is 0.605. The van der Waals surface area contributed by atoms with Gasteiger partial charge in [-0.25, -0.2) is 4.57 Å². The van der Waals surface area contributed by atoms with E-state index in [9.17, 15) is 0 Å². The van der Waals surface area contributed by atoms with Gasteiger partial charge in [-0.3, -0.25) is 0 Å². The topological polar surface area (TPSA) is 37.3 Å². The summed E-state index contributed by atoms with van der Waals surface area (Å²) in [6, 6.07) is 0. The Kier molecular flexibility index (Phi) is 144. The molecule has 0 saturated carbocycles. The minimum Gasteiger partial charge on any atom is -0.310 e. The van der Waals surface area contributed by atoms with E-state index in [2.05, 4.69) is 0 Å². The molecule has 0 unspecified atom stereocenters. The normalized spacial score (nSPS) is 3.50. The first-order valence-corrected chi connectivity index (χ1v) is 1.15. The van der Waals surface area contributed by atoms with Crippen LogP contribution in [0.5, 0.6) is 0 Å². The molecule has 0 spiro atoms. The van der Waals surface area contributed by atoms with Crippen molar-refractivity contribution in [1.82, 2.24) is 0 Å². The summed E-state index contributed by atoms with van der Waals surface area (Å²) in [6.07, 6.45) is 0. The Hall–Kier alpha value is 1.36. The van der Waals surface area contributed by atoms with E-state index >= 15 is 0 Å². The average molecular weight is 218 g/mol. The smallest absolute Gasteiger partial charge is 0.310 e. The summed E-state index contributed by atoms with van der Waals surface area (Å²) in [5.41, 5.74) is 0. The summed E-state index contributed by atoms with van der Waals surface area (Å²) >= 11 is 0. The molecule has 0 aromatic heterocycles. The zero-order valence-electron chi connectivity index (χ0n) is 2.38. The molecule has 0 aromatic carbocycles. The van der Waals surface area contributed by atoms with Crippen LogP contribution >= 0.6 is 21.1 Å². The average Bonchev–Trinajstić information content (AvgIpc) is 0.918. The summed E-state index contributed by atoms with van der Waals surface area (Å²) in [5.74, 6) is 0. The van der Waals surface area contributed by atoms with Gasteiger partial charge in [0, 0.05) is 33.6 Å². The van der Waals surface area contributed by atoms with Crippen LogP contribution in [0.1, 0.15) is 0 Å². The van der Waals surface area contributed by atoms with Crippen LogP contribution < -0.4 is 0 Å². The van der Waals surface area contributed by atoms with E-state index in [1.54, 1.807) is 0 Å². The molecule has 0 aromatic rings. The third kappa shape index (κ3) is 55.0. The summed E-state index contributed by atoms with van der Waals surface area (Å²) in [4.78, 5) is 6.99. The molecule has 0 amide bonds. The number of halogens is 1. The van der Waals surface area contributed by atoms with Crippen molar-refractivity contribution in [2.45, 2.75) is 0 Å². The molecule has 6 heavy (non-hydrogen) atoms. The second-order valence-corrected chi connectivity index (χ2v) is 0.245. The summed E-state index contributed by atoms with van der Waals surface area (Å²) in [5, 5.41) is 0. The Bertz CT molecular complexity index is 19.0. The van der Waals surface area contributed by atoms with Crippen LogP contribution in [-0.4, -0.2) is 4.89 Å². The van der Waals surface area contributed by atoms with Crippen molar-refractivity contribution >= 4 is 21.1 Å². The molecule has 0 fully saturated rings. The maximum absolute atomic E-state index is 8.46. The molecule has 0 bridgehead atoms. The summed E-state index contributed by atoms with van der Waals surface area (Å²) < 4.78 is 8.46. The maximum atomic E-state index is 8.46. The fourth-order valence-corrected chi connectivity index (χ4v) is 0. The second-order valence-electron chi connectivity index (χ2n) is 0.0816. The van der Waals surface area contributed by atoms with Gasteiger partial charge in [-0.2, -0.15) is 0 Å². The molecular formula is H2ClCo2O2P. The first-order valence-electron chi connectivity index (χ1n) is 0.383. The van der Waals surface area contributed by atoms with E-state index < -0.39 is 8.69 Å². The fraction of sp³-hybridized carbons (Fsp3) is 0. The predicted octanol–water partition coefficient (Wildman–Crippen LogP) is 0.602. The van der Waals surface area contributed by atoms with E-state index in [4.69, 9.17) is 9.46 Å². The zero-order chi connectivity index (χ0) is 2.71. The molecule has 2 radical (unpaired) electrons. The number of rotatable bonds is 0. The molecule has 2 nitrogen and oxygen atoms in total. The number of hydrogen-bond donors (Lipinski definition) is 1. The summed E-state index contributed by atoms with van der Waals surface area (Å²) in [7, 11) is -0.833. The fourth-order valence-electron chi connectivity index (χ4n) is 0. The van der Waals surface area contributed by atoms with Crippen molar-refractivity contribution in [2.24, 2.45) is 0 Å². The van der Waals surface area contributed by atoms with E-state index in [0.717, 1.165) is 0 Å². The van der Waals surface area contributed by atoms with Crippen LogP contribution in [0.25, 0.3) is 0 Å². The van der Waals surface area contributed by atoms with Crippen molar-refractivity contribution in [3.63, 3.8) is 0 Å². The monoisotopic (exact) mass is 218 g/mol. The van der Waals surface area contributed by atoms with Gasteiger partial charge in [0.05, 0.1) is 0 Å². The molecule has 0 saturated heterocycles. The van der Waals surface area contributed by atoms with Crippen LogP contribution in [0, 0.1) is 0 Å². The largest absolute Gasteiger partial charge is 0.324 e. The van der Waals surface area contributed by atoms with Gasteiger partial charge in [0.1, 0.15) is 0 Å². The van der Waals surface area contributed by atoms with Gasteiger partial charge in [-0.15, -0.1) is 12.4 Å². The van der Waals surface area contributed by atoms with Crippen molar-refractivity contribution in [1.29, 1.82) is 0 Å². The third-order valence-corrected chi connectivity index (χ3v) is 0. The standard InChI is InChI=1S/ClH.2Co.HO2P/c;;;1-3-2/h1H;;;(H,1,2). The molecule has 0 rings (SSSR count). The molecule has 0 heterocycles. The predicted molar refractivity (Wildman–Crippen MR) is 17.1 cm³/mol. The molecular weight excluding hydrogens is 216 g/mol. The van der Waals surface area contributed by atoms with Crippen molar-refractivity contribution in [2.75, 3.05) is 0 Å². The van der Waals surface area contributed by atoms with Crippen molar-refractivity contribution in [3.05, 3.63) is 0 Å². The molecule has 1 N–H and O–H groups in total. The van der Waals surface area contributed by atoms with Crippen LogP contribution in [0.2, 0.25) is 0 Å². The van der Waals surface area contributed by atoms with Gasteiger partial charge in [0.15, 0.2) is 0 Å². The van der Waals surface area contributed by atoms with Gasteiger partial charge < -0.3 is 4.89 Å². The van der Waals surface area contributed by atoms with Crippen LogP contribution in [-0.2, 0) is 38.1 Å². The Morgan fingerprint density at radius 2 is 1.33 bits per heavy atom. The van der Waals surface area contributed by atoms with Crippen LogP contribution in [0.3, 0.4) is 0 Å². The SMILES string of the molecule is Cl.O=PO.[Co].[Co]. The summed E-state index contributed by atoms with van der Waals surface area (Å²) in [6.45, 7) is 0. The molecule has 6 heteroatoms. The Balaban J connectivity index is -0.00000000667. The van der Waals surface area contributed by atoms with Crippen molar-refractivity contribution < 1.29 is 43.0 Å². The number of hydrogen-bond acceptors (Lipinski definition) is 1. The molecule has 0 aliphatic carbocycles. The van der Waals surface area contributed by atoms with Gasteiger partial charge in [0.25, 0.3) is 0 Å². The van der Waals surface area contributed by atoms with E-state index in [1.807, 2.05) is 0 Å². The van der Waals surface area contributed by atoms with E-state index in [-0.39, 0.29) is 46.0 Å². The first kappa shape index (κ1) is 26.4.